The first-order valence-electron chi connectivity index (χ1n) is 10.7. The molecule has 4 rings (SSSR count). The van der Waals surface area contributed by atoms with Crippen LogP contribution >= 0.6 is 0 Å². The number of nitrogens with zero attached hydrogens (tertiary/aromatic N) is 2. The van der Waals surface area contributed by atoms with Gasteiger partial charge in [0, 0.05) is 23.2 Å². The number of amides is 1. The Labute approximate surface area is 187 Å². The minimum absolute atomic E-state index is 0.0979. The van der Waals surface area contributed by atoms with Gasteiger partial charge in [0.15, 0.2) is 0 Å². The van der Waals surface area contributed by atoms with E-state index in [0.717, 1.165) is 36.4 Å². The van der Waals surface area contributed by atoms with Crippen LogP contribution in [0.15, 0.2) is 47.6 Å². The monoisotopic (exact) mass is 437 g/mol. The first-order chi connectivity index (χ1) is 15.6. The predicted molar refractivity (Wildman–Crippen MR) is 120 cm³/mol. The standard InChI is InChI=1S/C24H27N3O5/c1-30-23(28)13-18-12-20-6-7-21(14-22(20)32-16-18)26-24(29)19-4-2-17(3-5-19)15-25-27-8-10-31-11-9-27/h2-7,14-15,18H,8-13,16H2,1H3,(H,26,29)/b25-15+. The summed E-state index contributed by atoms with van der Waals surface area (Å²) in [7, 11) is 1.39. The molecule has 168 valence electrons. The minimum atomic E-state index is -0.232. The number of ether oxygens (including phenoxy) is 3. The molecule has 8 heteroatoms. The largest absolute Gasteiger partial charge is 0.493 e. The molecule has 1 atom stereocenters. The zero-order chi connectivity index (χ0) is 22.3. The number of hydrogen-bond donors (Lipinski definition) is 1. The number of benzene rings is 2. The van der Waals surface area contributed by atoms with Gasteiger partial charge in [-0.25, -0.2) is 0 Å². The molecule has 1 fully saturated rings. The molecule has 0 spiro atoms. The van der Waals surface area contributed by atoms with Crippen molar-refractivity contribution in [2.24, 2.45) is 11.0 Å². The lowest BCUT2D eigenvalue weighted by Gasteiger charge is -2.25. The number of rotatable bonds is 6. The molecule has 32 heavy (non-hydrogen) atoms. The lowest BCUT2D eigenvalue weighted by atomic mass is 9.94. The fourth-order valence-corrected chi connectivity index (χ4v) is 3.70. The van der Waals surface area contributed by atoms with Gasteiger partial charge in [0.25, 0.3) is 5.91 Å². The van der Waals surface area contributed by atoms with Crippen LogP contribution in [0.1, 0.15) is 27.9 Å². The molecule has 2 aromatic carbocycles. The van der Waals surface area contributed by atoms with Crippen LogP contribution in [0.4, 0.5) is 5.69 Å². The van der Waals surface area contributed by atoms with E-state index in [1.165, 1.54) is 7.11 Å². The van der Waals surface area contributed by atoms with E-state index in [2.05, 4.69) is 10.4 Å². The van der Waals surface area contributed by atoms with Crippen LogP contribution in [0, 0.1) is 5.92 Å². The average molecular weight is 437 g/mol. The smallest absolute Gasteiger partial charge is 0.305 e. The highest BCUT2D eigenvalue weighted by Crippen LogP contribution is 2.31. The van der Waals surface area contributed by atoms with Gasteiger partial charge in [-0.05, 0) is 35.7 Å². The number of morpholine rings is 1. The van der Waals surface area contributed by atoms with Gasteiger partial charge in [-0.1, -0.05) is 18.2 Å². The predicted octanol–water partition coefficient (Wildman–Crippen LogP) is 2.72. The van der Waals surface area contributed by atoms with E-state index >= 15 is 0 Å². The molecule has 2 aromatic rings. The van der Waals surface area contributed by atoms with Crippen LogP contribution in [0.5, 0.6) is 5.75 Å². The van der Waals surface area contributed by atoms with Crippen molar-refractivity contribution >= 4 is 23.8 Å². The maximum atomic E-state index is 12.6. The number of carbonyl (C=O) groups excluding carboxylic acids is 2. The van der Waals surface area contributed by atoms with Gasteiger partial charge in [0.2, 0.25) is 0 Å². The molecule has 0 saturated carbocycles. The Kier molecular flexibility index (Phi) is 7.01. The molecular weight excluding hydrogens is 410 g/mol. The Balaban J connectivity index is 1.34. The maximum Gasteiger partial charge on any atom is 0.305 e. The third-order valence-electron chi connectivity index (χ3n) is 5.52. The molecule has 8 nitrogen and oxygen atoms in total. The zero-order valence-corrected chi connectivity index (χ0v) is 18.1. The number of esters is 1. The molecule has 1 N–H and O–H groups in total. The summed E-state index contributed by atoms with van der Waals surface area (Å²) in [5.41, 5.74) is 3.17. The van der Waals surface area contributed by atoms with E-state index in [-0.39, 0.29) is 17.8 Å². The number of methoxy groups -OCH3 is 1. The zero-order valence-electron chi connectivity index (χ0n) is 18.1. The number of hydrazone groups is 1. The number of hydrogen-bond acceptors (Lipinski definition) is 7. The highest BCUT2D eigenvalue weighted by Gasteiger charge is 2.23. The minimum Gasteiger partial charge on any atom is -0.493 e. The molecule has 1 saturated heterocycles. The SMILES string of the molecule is COC(=O)CC1COc2cc(NC(=O)c3ccc(/C=N/N4CCOCC4)cc3)ccc2C1. The fraction of sp³-hybridized carbons (Fsp3) is 0.375. The van der Waals surface area contributed by atoms with Crippen LogP contribution in [0.25, 0.3) is 0 Å². The van der Waals surface area contributed by atoms with E-state index < -0.39 is 0 Å². The maximum absolute atomic E-state index is 12.6. The molecule has 0 aliphatic carbocycles. The quantitative estimate of drug-likeness (QED) is 0.552. The van der Waals surface area contributed by atoms with E-state index in [0.29, 0.717) is 37.5 Å². The second-order valence-corrected chi connectivity index (χ2v) is 7.87. The second-order valence-electron chi connectivity index (χ2n) is 7.87. The van der Waals surface area contributed by atoms with Crippen LogP contribution < -0.4 is 10.1 Å². The summed E-state index contributed by atoms with van der Waals surface area (Å²) in [5, 5.41) is 9.34. The topological polar surface area (TPSA) is 89.5 Å². The lowest BCUT2D eigenvalue weighted by molar-refractivity contribution is -0.142. The Hall–Kier alpha value is -3.39. The van der Waals surface area contributed by atoms with Gasteiger partial charge >= 0.3 is 5.97 Å². The van der Waals surface area contributed by atoms with Gasteiger partial charge in [0.1, 0.15) is 5.75 Å². The number of nitrogens with one attached hydrogen (secondary N) is 1. The van der Waals surface area contributed by atoms with Crippen molar-refractivity contribution in [1.82, 2.24) is 5.01 Å². The highest BCUT2D eigenvalue weighted by molar-refractivity contribution is 6.04. The number of anilines is 1. The molecule has 2 aliphatic heterocycles. The first kappa shape index (κ1) is 21.8. The van der Waals surface area contributed by atoms with Gasteiger partial charge in [-0.3, -0.25) is 14.6 Å². The van der Waals surface area contributed by atoms with E-state index in [4.69, 9.17) is 14.2 Å². The Morgan fingerprint density at radius 3 is 2.72 bits per heavy atom. The molecular formula is C24H27N3O5. The molecule has 2 heterocycles. The van der Waals surface area contributed by atoms with Crippen LogP contribution in [-0.2, 0) is 20.7 Å². The van der Waals surface area contributed by atoms with Gasteiger partial charge in [-0.2, -0.15) is 5.10 Å². The third kappa shape index (κ3) is 5.64. The first-order valence-corrected chi connectivity index (χ1v) is 10.7. The number of fused-ring (bicyclic) bond motifs is 1. The molecule has 0 bridgehead atoms. The van der Waals surface area contributed by atoms with Crippen molar-refractivity contribution in [1.29, 1.82) is 0 Å². The van der Waals surface area contributed by atoms with Crippen molar-refractivity contribution < 1.29 is 23.8 Å². The molecule has 1 amide bonds. The average Bonchev–Trinajstić information content (AvgIpc) is 2.83. The Morgan fingerprint density at radius 2 is 1.97 bits per heavy atom. The van der Waals surface area contributed by atoms with E-state index in [9.17, 15) is 9.59 Å². The van der Waals surface area contributed by atoms with Crippen molar-refractivity contribution in [3.63, 3.8) is 0 Å². The van der Waals surface area contributed by atoms with Crippen molar-refractivity contribution in [2.75, 3.05) is 45.3 Å². The summed E-state index contributed by atoms with van der Waals surface area (Å²) >= 11 is 0. The normalized spacial score (nSPS) is 18.0. The van der Waals surface area contributed by atoms with Gasteiger partial charge in [0.05, 0.1) is 52.7 Å². The Morgan fingerprint density at radius 1 is 1.19 bits per heavy atom. The molecule has 0 radical (unpaired) electrons. The van der Waals surface area contributed by atoms with Gasteiger partial charge < -0.3 is 19.5 Å². The van der Waals surface area contributed by atoms with Crippen molar-refractivity contribution in [3.8, 4) is 5.75 Å². The Bertz CT molecular complexity index is 984. The second kappa shape index (κ2) is 10.3. The van der Waals surface area contributed by atoms with E-state index in [1.807, 2.05) is 35.3 Å². The van der Waals surface area contributed by atoms with Crippen molar-refractivity contribution in [2.45, 2.75) is 12.8 Å². The summed E-state index contributed by atoms with van der Waals surface area (Å²) in [5.74, 6) is 0.407. The summed E-state index contributed by atoms with van der Waals surface area (Å²) in [6.07, 6.45) is 2.87. The van der Waals surface area contributed by atoms with Crippen LogP contribution in [0.3, 0.4) is 0 Å². The van der Waals surface area contributed by atoms with Gasteiger partial charge in [-0.15, -0.1) is 0 Å². The molecule has 0 aromatic heterocycles. The lowest BCUT2D eigenvalue weighted by Crippen LogP contribution is -2.32. The van der Waals surface area contributed by atoms with Crippen molar-refractivity contribution in [3.05, 3.63) is 59.2 Å². The molecule has 1 unspecified atom stereocenters. The highest BCUT2D eigenvalue weighted by atomic mass is 16.5. The molecule has 2 aliphatic rings. The number of carbonyl (C=O) groups is 2. The summed E-state index contributed by atoms with van der Waals surface area (Å²) in [6, 6.07) is 12.9. The van der Waals surface area contributed by atoms with Crippen LogP contribution in [-0.4, -0.2) is 63.1 Å². The fourth-order valence-electron chi connectivity index (χ4n) is 3.70. The van der Waals surface area contributed by atoms with Crippen LogP contribution in [0.2, 0.25) is 0 Å². The van der Waals surface area contributed by atoms with E-state index in [1.54, 1.807) is 18.3 Å². The summed E-state index contributed by atoms with van der Waals surface area (Å²) < 4.78 is 15.9. The summed E-state index contributed by atoms with van der Waals surface area (Å²) in [4.78, 5) is 24.1. The third-order valence-corrected chi connectivity index (χ3v) is 5.52. The summed E-state index contributed by atoms with van der Waals surface area (Å²) in [6.45, 7) is 3.41.